The van der Waals surface area contributed by atoms with Gasteiger partial charge in [0.15, 0.2) is 0 Å². The van der Waals surface area contributed by atoms with Gasteiger partial charge in [-0.2, -0.15) is 0 Å². The van der Waals surface area contributed by atoms with Crippen molar-refractivity contribution in [3.8, 4) is 0 Å². The van der Waals surface area contributed by atoms with Gasteiger partial charge in [-0.1, -0.05) is 0 Å². The average molecular weight is 369 g/mol. The predicted octanol–water partition coefficient (Wildman–Crippen LogP) is -8.84. The molecule has 98 valence electrons. The molecular formula is C7H5Ca3O10+. The first-order valence-corrected chi connectivity index (χ1v) is 3.72. The van der Waals surface area contributed by atoms with Crippen molar-refractivity contribution in [3.05, 3.63) is 0 Å². The maximum atomic E-state index is 10.1. The molecule has 0 heterocycles. The molecule has 0 radical (unpaired) electrons. The second kappa shape index (κ2) is 16.8. The van der Waals surface area contributed by atoms with E-state index >= 15 is 0 Å². The van der Waals surface area contributed by atoms with E-state index in [9.17, 15) is 29.7 Å². The van der Waals surface area contributed by atoms with Crippen molar-refractivity contribution in [3.63, 3.8) is 0 Å². The molecule has 0 spiro atoms. The standard InChI is InChI=1S/C6H8O7.CH2O3.3Ca/c7-3(8)1-6(13,5(11)12)2-4(9)10;2-1(3)4;;;/h13H,1-2H2,(H,7,8)(H,9,10)(H,11,12);(H2,2,3,4);;;/q;;3*+2/p-5. The molecule has 0 amide bonds. The van der Waals surface area contributed by atoms with E-state index in [2.05, 4.69) is 0 Å². The molecule has 0 saturated heterocycles. The molecule has 0 aromatic rings. The van der Waals surface area contributed by atoms with Crippen LogP contribution in [0.2, 0.25) is 0 Å². The average Bonchev–Trinajstić information content (AvgIpc) is 1.98. The first-order valence-electron chi connectivity index (χ1n) is 3.72. The largest absolute Gasteiger partial charge is 2.00 e. The Bertz CT molecular complexity index is 311. The molecule has 0 saturated carbocycles. The summed E-state index contributed by atoms with van der Waals surface area (Å²) in [6.07, 6.45) is -5.05. The second-order valence-corrected chi connectivity index (χ2v) is 2.67. The Morgan fingerprint density at radius 1 is 0.750 bits per heavy atom. The number of aliphatic carboxylic acids is 3. The summed E-state index contributed by atoms with van der Waals surface area (Å²) in [6.45, 7) is 0. The maximum absolute atomic E-state index is 10.1. The van der Waals surface area contributed by atoms with Crippen molar-refractivity contribution < 1.29 is 49.8 Å². The fraction of sp³-hybridized carbons (Fsp3) is 0.429. The molecule has 0 atom stereocenters. The van der Waals surface area contributed by atoms with Gasteiger partial charge in [-0.3, -0.25) is 0 Å². The Hall–Kier alpha value is 1.42. The number of hydrogen-bond acceptors (Lipinski definition) is 10. The molecule has 0 aromatic heterocycles. The van der Waals surface area contributed by atoms with E-state index in [1.165, 1.54) is 0 Å². The molecular weight excluding hydrogens is 364 g/mol. The van der Waals surface area contributed by atoms with E-state index in [1.54, 1.807) is 0 Å². The van der Waals surface area contributed by atoms with Crippen LogP contribution in [-0.2, 0) is 14.4 Å². The van der Waals surface area contributed by atoms with Crippen LogP contribution in [0.1, 0.15) is 12.8 Å². The molecule has 0 unspecified atom stereocenters. The van der Waals surface area contributed by atoms with Gasteiger partial charge >= 0.3 is 113 Å². The number of carboxylic acid groups (broad SMARTS) is 5. The minimum Gasteiger partial charge on any atom is -0.652 e. The summed E-state index contributed by atoms with van der Waals surface area (Å²) in [5.41, 5.74) is -2.97. The van der Waals surface area contributed by atoms with Crippen LogP contribution in [0.3, 0.4) is 0 Å². The summed E-state index contributed by atoms with van der Waals surface area (Å²) in [5.74, 6) is -5.98. The van der Waals surface area contributed by atoms with E-state index in [0.717, 1.165) is 0 Å². The van der Waals surface area contributed by atoms with Crippen LogP contribution in [0.5, 0.6) is 0 Å². The van der Waals surface area contributed by atoms with E-state index in [4.69, 9.17) is 20.1 Å². The predicted molar refractivity (Wildman–Crippen MR) is 51.9 cm³/mol. The van der Waals surface area contributed by atoms with Crippen molar-refractivity contribution >= 4 is 137 Å². The second-order valence-electron chi connectivity index (χ2n) is 2.67. The number of aliphatic hydroxyl groups is 1. The molecule has 0 aliphatic carbocycles. The third kappa shape index (κ3) is 21.7. The van der Waals surface area contributed by atoms with Gasteiger partial charge in [0, 0.05) is 24.8 Å². The SMILES string of the molecule is O=C([O-])CC(O)(CC(=O)[O-])C(=O)[O-].O=C([O-])[O-].[Ca+2].[Ca+2].[Ca+2]. The fourth-order valence-electron chi connectivity index (χ4n) is 0.684. The van der Waals surface area contributed by atoms with Gasteiger partial charge in [-0.15, -0.1) is 0 Å². The summed E-state index contributed by atoms with van der Waals surface area (Å²) in [4.78, 5) is 38.3. The number of carboxylic acids is 3. The van der Waals surface area contributed by atoms with Crippen LogP contribution in [-0.4, -0.2) is 148 Å². The van der Waals surface area contributed by atoms with Crippen molar-refractivity contribution in [1.82, 2.24) is 0 Å². The molecule has 10 nitrogen and oxygen atoms in total. The number of hydrogen-bond donors (Lipinski definition) is 1. The zero-order chi connectivity index (χ0) is 14.2. The molecule has 0 aliphatic heterocycles. The maximum Gasteiger partial charge on any atom is 2.00 e. The van der Waals surface area contributed by atoms with Crippen LogP contribution in [0, 0.1) is 0 Å². The summed E-state index contributed by atoms with van der Waals surface area (Å²) in [7, 11) is 0. The molecule has 0 aromatic carbocycles. The first kappa shape index (κ1) is 33.1. The van der Waals surface area contributed by atoms with Gasteiger partial charge in [0.25, 0.3) is 0 Å². The van der Waals surface area contributed by atoms with Gasteiger partial charge in [0.2, 0.25) is 0 Å². The Labute approximate surface area is 202 Å². The van der Waals surface area contributed by atoms with Crippen LogP contribution in [0.15, 0.2) is 0 Å². The van der Waals surface area contributed by atoms with E-state index in [1.807, 2.05) is 0 Å². The van der Waals surface area contributed by atoms with Gasteiger partial charge in [-0.05, 0) is 6.16 Å². The van der Waals surface area contributed by atoms with Crippen LogP contribution < -0.4 is 25.5 Å². The summed E-state index contributed by atoms with van der Waals surface area (Å²) in [5, 5.41) is 55.6. The van der Waals surface area contributed by atoms with Crippen molar-refractivity contribution in [2.24, 2.45) is 0 Å². The van der Waals surface area contributed by atoms with Crippen LogP contribution in [0.4, 0.5) is 4.79 Å². The first-order chi connectivity index (χ1) is 7.51. The van der Waals surface area contributed by atoms with E-state index < -0.39 is 42.5 Å². The Morgan fingerprint density at radius 3 is 1.05 bits per heavy atom. The van der Waals surface area contributed by atoms with Gasteiger partial charge in [0.1, 0.15) is 5.60 Å². The summed E-state index contributed by atoms with van der Waals surface area (Å²) < 4.78 is 0. The Balaban J connectivity index is -0.0000000951. The van der Waals surface area contributed by atoms with Crippen LogP contribution in [0.25, 0.3) is 0 Å². The molecule has 0 bridgehead atoms. The third-order valence-corrected chi connectivity index (χ3v) is 1.25. The molecule has 20 heavy (non-hydrogen) atoms. The zero-order valence-corrected chi connectivity index (χ0v) is 16.8. The Kier molecular flexibility index (Phi) is 27.8. The molecule has 0 fully saturated rings. The van der Waals surface area contributed by atoms with Gasteiger partial charge in [0.05, 0.1) is 5.97 Å². The van der Waals surface area contributed by atoms with Crippen molar-refractivity contribution in [2.45, 2.75) is 18.4 Å². The van der Waals surface area contributed by atoms with Crippen molar-refractivity contribution in [2.75, 3.05) is 0 Å². The smallest absolute Gasteiger partial charge is 0.652 e. The fourth-order valence-corrected chi connectivity index (χ4v) is 0.684. The summed E-state index contributed by atoms with van der Waals surface area (Å²) in [6, 6.07) is 0. The van der Waals surface area contributed by atoms with Gasteiger partial charge < -0.3 is 49.8 Å². The molecule has 1 N–H and O–H groups in total. The summed E-state index contributed by atoms with van der Waals surface area (Å²) >= 11 is 0. The normalized spacial score (nSPS) is 8.25. The Morgan fingerprint density at radius 2 is 0.950 bits per heavy atom. The van der Waals surface area contributed by atoms with Crippen LogP contribution >= 0.6 is 0 Å². The molecule has 13 heteroatoms. The van der Waals surface area contributed by atoms with E-state index in [0.29, 0.717) is 0 Å². The zero-order valence-electron chi connectivity index (χ0n) is 10.2. The minimum atomic E-state index is -2.97. The monoisotopic (exact) mass is 369 g/mol. The molecule has 0 aliphatic rings. The quantitative estimate of drug-likeness (QED) is 0.453. The number of rotatable bonds is 5. The van der Waals surface area contributed by atoms with E-state index in [-0.39, 0.29) is 113 Å². The van der Waals surface area contributed by atoms with Gasteiger partial charge in [-0.25, -0.2) is 0 Å². The van der Waals surface area contributed by atoms with Crippen molar-refractivity contribution in [1.29, 1.82) is 0 Å². The molecule has 0 rings (SSSR count). The topological polar surface area (TPSA) is 204 Å². The third-order valence-electron chi connectivity index (χ3n) is 1.25. The minimum absolute atomic E-state index is 0. The number of carbonyl (C=O) groups is 4. The number of carbonyl (C=O) groups excluding carboxylic acids is 4.